The molecule has 4 atom stereocenters. The molecule has 0 spiro atoms. The van der Waals surface area contributed by atoms with Crippen molar-refractivity contribution in [2.75, 3.05) is 7.11 Å². The maximum absolute atomic E-state index is 12.1. The average molecular weight is 346 g/mol. The van der Waals surface area contributed by atoms with Gasteiger partial charge in [0.15, 0.2) is 0 Å². The van der Waals surface area contributed by atoms with E-state index in [1.54, 1.807) is 13.2 Å². The Bertz CT molecular complexity index is 695. The molecule has 1 aromatic rings. The normalized spacial score (nSPS) is 34.5. The molecule has 4 unspecified atom stereocenters. The first kappa shape index (κ1) is 18.2. The fraction of sp³-hybridized carbons (Fsp3) is 0.667. The Labute approximate surface area is 150 Å². The van der Waals surface area contributed by atoms with Gasteiger partial charge in [0, 0.05) is 12.7 Å². The van der Waals surface area contributed by atoms with Crippen molar-refractivity contribution >= 4 is 5.97 Å². The van der Waals surface area contributed by atoms with Crippen LogP contribution in [0.25, 0.3) is 0 Å². The van der Waals surface area contributed by atoms with Crippen molar-refractivity contribution < 1.29 is 19.7 Å². The number of fused-ring (bicyclic) bond motifs is 3. The van der Waals surface area contributed by atoms with Gasteiger partial charge in [-0.05, 0) is 60.6 Å². The predicted molar refractivity (Wildman–Crippen MR) is 97.0 cm³/mol. The van der Waals surface area contributed by atoms with E-state index in [1.165, 1.54) is 5.56 Å². The second kappa shape index (κ2) is 6.01. The Morgan fingerprint density at radius 2 is 1.96 bits per heavy atom. The molecule has 25 heavy (non-hydrogen) atoms. The van der Waals surface area contributed by atoms with E-state index in [2.05, 4.69) is 20.8 Å². The van der Waals surface area contributed by atoms with Gasteiger partial charge < -0.3 is 14.9 Å². The standard InChI is InChI=1S/C21H30O4/c1-12(2)17-14(22)8-7-13-18(17)15(25-5)11-16-20(13,3)9-6-10-21(16,4)19(23)24/h7-8,12,15-16,22H,6,9-11H2,1-5H3,(H,23,24). The second-order valence-electron chi connectivity index (χ2n) is 8.62. The van der Waals surface area contributed by atoms with Crippen molar-refractivity contribution in [2.45, 2.75) is 70.8 Å². The summed E-state index contributed by atoms with van der Waals surface area (Å²) < 4.78 is 5.83. The van der Waals surface area contributed by atoms with E-state index in [4.69, 9.17) is 4.74 Å². The molecule has 138 valence electrons. The molecule has 4 heteroatoms. The molecule has 0 radical (unpaired) electrons. The summed E-state index contributed by atoms with van der Waals surface area (Å²) in [6, 6.07) is 3.78. The van der Waals surface area contributed by atoms with Gasteiger partial charge in [0.25, 0.3) is 0 Å². The Balaban J connectivity index is 2.26. The van der Waals surface area contributed by atoms with Crippen LogP contribution in [-0.4, -0.2) is 23.3 Å². The van der Waals surface area contributed by atoms with Gasteiger partial charge in [-0.25, -0.2) is 0 Å². The van der Waals surface area contributed by atoms with Crippen LogP contribution in [0.3, 0.4) is 0 Å². The third-order valence-electron chi connectivity index (χ3n) is 6.93. The molecule has 0 aromatic heterocycles. The summed E-state index contributed by atoms with van der Waals surface area (Å²) in [6.07, 6.45) is 3.11. The van der Waals surface area contributed by atoms with Crippen LogP contribution in [0.2, 0.25) is 0 Å². The molecule has 0 heterocycles. The lowest BCUT2D eigenvalue weighted by Gasteiger charge is -2.55. The highest BCUT2D eigenvalue weighted by Gasteiger charge is 2.57. The largest absolute Gasteiger partial charge is 0.508 e. The Morgan fingerprint density at radius 1 is 1.28 bits per heavy atom. The summed E-state index contributed by atoms with van der Waals surface area (Å²) >= 11 is 0. The number of carboxylic acids is 1. The second-order valence-corrected chi connectivity index (χ2v) is 8.62. The minimum absolute atomic E-state index is 0.0215. The number of hydrogen-bond donors (Lipinski definition) is 2. The van der Waals surface area contributed by atoms with Gasteiger partial charge in [-0.1, -0.05) is 33.3 Å². The number of carbonyl (C=O) groups is 1. The fourth-order valence-corrected chi connectivity index (χ4v) is 5.60. The lowest BCUT2D eigenvalue weighted by molar-refractivity contribution is -0.159. The van der Waals surface area contributed by atoms with Gasteiger partial charge in [-0.3, -0.25) is 4.79 Å². The lowest BCUT2D eigenvalue weighted by Crippen LogP contribution is -2.53. The minimum Gasteiger partial charge on any atom is -0.508 e. The lowest BCUT2D eigenvalue weighted by atomic mass is 9.49. The topological polar surface area (TPSA) is 66.8 Å². The smallest absolute Gasteiger partial charge is 0.309 e. The zero-order valence-electron chi connectivity index (χ0n) is 15.9. The number of carboxylic acid groups (broad SMARTS) is 1. The summed E-state index contributed by atoms with van der Waals surface area (Å²) in [6.45, 7) is 8.28. The monoisotopic (exact) mass is 346 g/mol. The van der Waals surface area contributed by atoms with Gasteiger partial charge >= 0.3 is 5.97 Å². The highest BCUT2D eigenvalue weighted by atomic mass is 16.5. The molecule has 2 aliphatic carbocycles. The molecule has 2 N–H and O–H groups in total. The third kappa shape index (κ3) is 2.49. The van der Waals surface area contributed by atoms with Crippen LogP contribution >= 0.6 is 0 Å². The van der Waals surface area contributed by atoms with Crippen LogP contribution in [0.15, 0.2) is 12.1 Å². The fourth-order valence-electron chi connectivity index (χ4n) is 5.60. The van der Waals surface area contributed by atoms with Gasteiger partial charge in [-0.2, -0.15) is 0 Å². The number of methoxy groups -OCH3 is 1. The summed E-state index contributed by atoms with van der Waals surface area (Å²) in [4.78, 5) is 12.1. The van der Waals surface area contributed by atoms with E-state index in [-0.39, 0.29) is 23.4 Å². The molecule has 1 saturated carbocycles. The van der Waals surface area contributed by atoms with Crippen molar-refractivity contribution in [1.82, 2.24) is 0 Å². The molecular weight excluding hydrogens is 316 g/mol. The molecule has 1 aromatic carbocycles. The first-order chi connectivity index (χ1) is 11.7. The number of hydrogen-bond acceptors (Lipinski definition) is 3. The molecule has 3 rings (SSSR count). The van der Waals surface area contributed by atoms with E-state index >= 15 is 0 Å². The zero-order valence-corrected chi connectivity index (χ0v) is 15.9. The first-order valence-corrected chi connectivity index (χ1v) is 9.29. The number of benzene rings is 1. The van der Waals surface area contributed by atoms with Crippen molar-refractivity contribution in [3.05, 3.63) is 28.8 Å². The molecule has 0 bridgehead atoms. The third-order valence-corrected chi connectivity index (χ3v) is 6.93. The van der Waals surface area contributed by atoms with Crippen LogP contribution in [0, 0.1) is 11.3 Å². The SMILES string of the molecule is COC1CC2C(C)(C(=O)O)CCCC2(C)c2ccc(O)c(C(C)C)c21. The molecule has 0 aliphatic heterocycles. The molecule has 2 aliphatic rings. The molecule has 0 saturated heterocycles. The molecule has 1 fully saturated rings. The first-order valence-electron chi connectivity index (χ1n) is 9.29. The van der Waals surface area contributed by atoms with Crippen molar-refractivity contribution in [3.8, 4) is 5.75 Å². The van der Waals surface area contributed by atoms with Crippen LogP contribution in [0.5, 0.6) is 5.75 Å². The minimum atomic E-state index is -0.739. The maximum Gasteiger partial charge on any atom is 0.309 e. The number of aromatic hydroxyl groups is 1. The number of aliphatic carboxylic acids is 1. The van der Waals surface area contributed by atoms with Crippen molar-refractivity contribution in [2.24, 2.45) is 11.3 Å². The van der Waals surface area contributed by atoms with Crippen molar-refractivity contribution in [3.63, 3.8) is 0 Å². The van der Waals surface area contributed by atoms with E-state index < -0.39 is 11.4 Å². The van der Waals surface area contributed by atoms with Crippen LogP contribution in [-0.2, 0) is 14.9 Å². The maximum atomic E-state index is 12.1. The Hall–Kier alpha value is -1.55. The van der Waals surface area contributed by atoms with Gasteiger partial charge in [0.2, 0.25) is 0 Å². The average Bonchev–Trinajstić information content (AvgIpc) is 2.53. The summed E-state index contributed by atoms with van der Waals surface area (Å²) in [5.74, 6) is -0.185. The van der Waals surface area contributed by atoms with Gasteiger partial charge in [-0.15, -0.1) is 0 Å². The number of ether oxygens (including phenoxy) is 1. The number of phenolic OH excluding ortho intramolecular Hbond substituents is 1. The zero-order chi connectivity index (χ0) is 18.6. The molecule has 4 nitrogen and oxygen atoms in total. The van der Waals surface area contributed by atoms with Gasteiger partial charge in [0.05, 0.1) is 11.5 Å². The number of rotatable bonds is 3. The molecular formula is C21H30O4. The molecule has 0 amide bonds. The van der Waals surface area contributed by atoms with Crippen LogP contribution in [0.4, 0.5) is 0 Å². The van der Waals surface area contributed by atoms with E-state index in [1.807, 2.05) is 13.0 Å². The van der Waals surface area contributed by atoms with Crippen molar-refractivity contribution in [1.29, 1.82) is 0 Å². The highest BCUT2D eigenvalue weighted by molar-refractivity contribution is 5.75. The summed E-state index contributed by atoms with van der Waals surface area (Å²) in [7, 11) is 1.69. The summed E-state index contributed by atoms with van der Waals surface area (Å²) in [5.41, 5.74) is 2.27. The van der Waals surface area contributed by atoms with E-state index in [0.29, 0.717) is 18.6 Å². The van der Waals surface area contributed by atoms with Crippen LogP contribution in [0.1, 0.15) is 82.1 Å². The Kier molecular flexibility index (Phi) is 4.39. The van der Waals surface area contributed by atoms with E-state index in [0.717, 1.165) is 24.0 Å². The van der Waals surface area contributed by atoms with Crippen LogP contribution < -0.4 is 0 Å². The van der Waals surface area contributed by atoms with E-state index in [9.17, 15) is 15.0 Å². The Morgan fingerprint density at radius 3 is 2.52 bits per heavy atom. The highest BCUT2D eigenvalue weighted by Crippen LogP contribution is 2.61. The quantitative estimate of drug-likeness (QED) is 0.828. The summed E-state index contributed by atoms with van der Waals surface area (Å²) in [5, 5.41) is 20.4. The number of phenols is 1. The van der Waals surface area contributed by atoms with Gasteiger partial charge in [0.1, 0.15) is 5.75 Å². The predicted octanol–water partition coefficient (Wildman–Crippen LogP) is 4.76.